The van der Waals surface area contributed by atoms with Crippen molar-refractivity contribution in [3.63, 3.8) is 0 Å². The Morgan fingerprint density at radius 3 is 1.37 bits per heavy atom. The van der Waals surface area contributed by atoms with Gasteiger partial charge in [-0.1, -0.05) is 24.3 Å². The standard InChI is InChI=1S/C24H18O6/c25-21-7-5-15-11-19(3-1-17(15)13-21)23(27)29-9-10-30-24(28)20-4-2-18-14-22(26)8-6-16(18)12-20/h1-8,11-14,25-26H,9-10H2. The summed E-state index contributed by atoms with van der Waals surface area (Å²) in [6.45, 7) is -0.140. The summed E-state index contributed by atoms with van der Waals surface area (Å²) in [5, 5.41) is 22.2. The maximum absolute atomic E-state index is 12.2. The van der Waals surface area contributed by atoms with E-state index >= 15 is 0 Å². The molecule has 30 heavy (non-hydrogen) atoms. The van der Waals surface area contributed by atoms with Crippen LogP contribution in [0.5, 0.6) is 11.5 Å². The Morgan fingerprint density at radius 2 is 0.933 bits per heavy atom. The first-order valence-electron chi connectivity index (χ1n) is 9.29. The van der Waals surface area contributed by atoms with Gasteiger partial charge in [0, 0.05) is 0 Å². The van der Waals surface area contributed by atoms with E-state index in [-0.39, 0.29) is 24.7 Å². The number of esters is 2. The molecule has 150 valence electrons. The highest BCUT2D eigenvalue weighted by Crippen LogP contribution is 2.22. The first-order chi connectivity index (χ1) is 14.5. The van der Waals surface area contributed by atoms with E-state index in [1.165, 1.54) is 0 Å². The Balaban J connectivity index is 1.32. The number of fused-ring (bicyclic) bond motifs is 2. The second-order valence-electron chi connectivity index (χ2n) is 6.76. The van der Waals surface area contributed by atoms with Gasteiger partial charge in [-0.25, -0.2) is 9.59 Å². The Kier molecular flexibility index (Phi) is 5.22. The largest absolute Gasteiger partial charge is 0.508 e. The molecule has 0 atom stereocenters. The van der Waals surface area contributed by atoms with E-state index in [9.17, 15) is 19.8 Å². The predicted octanol–water partition coefficient (Wildman–Crippen LogP) is 4.42. The lowest BCUT2D eigenvalue weighted by molar-refractivity contribution is 0.0266. The van der Waals surface area contributed by atoms with Crippen LogP contribution in [0.1, 0.15) is 20.7 Å². The van der Waals surface area contributed by atoms with E-state index in [2.05, 4.69) is 0 Å². The number of rotatable bonds is 5. The number of aromatic hydroxyl groups is 2. The molecule has 0 fully saturated rings. The van der Waals surface area contributed by atoms with Crippen molar-refractivity contribution in [2.75, 3.05) is 13.2 Å². The van der Waals surface area contributed by atoms with Crippen LogP contribution >= 0.6 is 0 Å². The Bertz CT molecular complexity index is 1160. The van der Waals surface area contributed by atoms with E-state index < -0.39 is 11.9 Å². The molecule has 4 rings (SSSR count). The average Bonchev–Trinajstić information content (AvgIpc) is 2.75. The van der Waals surface area contributed by atoms with E-state index in [0.717, 1.165) is 21.5 Å². The molecule has 0 saturated carbocycles. The summed E-state index contributed by atoms with van der Waals surface area (Å²) in [6.07, 6.45) is 0. The molecule has 0 spiro atoms. The molecule has 0 aliphatic heterocycles. The van der Waals surface area contributed by atoms with Crippen molar-refractivity contribution in [1.29, 1.82) is 0 Å². The fraction of sp³-hybridized carbons (Fsp3) is 0.0833. The van der Waals surface area contributed by atoms with Gasteiger partial charge in [0.05, 0.1) is 11.1 Å². The highest BCUT2D eigenvalue weighted by atomic mass is 16.6. The van der Waals surface area contributed by atoms with Gasteiger partial charge < -0.3 is 19.7 Å². The molecule has 0 aromatic heterocycles. The van der Waals surface area contributed by atoms with Crippen LogP contribution in [-0.2, 0) is 9.47 Å². The van der Waals surface area contributed by atoms with Crippen molar-refractivity contribution < 1.29 is 29.3 Å². The molecule has 0 bridgehead atoms. The molecular formula is C24H18O6. The van der Waals surface area contributed by atoms with Crippen LogP contribution in [-0.4, -0.2) is 35.4 Å². The molecule has 0 aliphatic carbocycles. The zero-order chi connectivity index (χ0) is 21.1. The van der Waals surface area contributed by atoms with Gasteiger partial charge in [-0.2, -0.15) is 0 Å². The van der Waals surface area contributed by atoms with Crippen molar-refractivity contribution in [3.05, 3.63) is 83.9 Å². The molecule has 4 aromatic carbocycles. The quantitative estimate of drug-likeness (QED) is 0.379. The van der Waals surface area contributed by atoms with Gasteiger partial charge >= 0.3 is 11.9 Å². The maximum atomic E-state index is 12.2. The molecule has 0 unspecified atom stereocenters. The fourth-order valence-electron chi connectivity index (χ4n) is 3.16. The van der Waals surface area contributed by atoms with Crippen molar-refractivity contribution in [3.8, 4) is 11.5 Å². The molecule has 0 saturated heterocycles. The highest BCUT2D eigenvalue weighted by molar-refractivity contribution is 5.96. The van der Waals surface area contributed by atoms with Gasteiger partial charge in [0.25, 0.3) is 0 Å². The van der Waals surface area contributed by atoms with Gasteiger partial charge in [-0.3, -0.25) is 0 Å². The summed E-state index contributed by atoms with van der Waals surface area (Å²) < 4.78 is 10.4. The van der Waals surface area contributed by atoms with Gasteiger partial charge in [0.1, 0.15) is 24.7 Å². The van der Waals surface area contributed by atoms with E-state index in [0.29, 0.717) is 11.1 Å². The first-order valence-corrected chi connectivity index (χ1v) is 9.29. The number of benzene rings is 4. The predicted molar refractivity (Wildman–Crippen MR) is 112 cm³/mol. The summed E-state index contributed by atoms with van der Waals surface area (Å²) in [5.74, 6) is -0.730. The molecular weight excluding hydrogens is 384 g/mol. The van der Waals surface area contributed by atoms with Gasteiger partial charge in [-0.05, 0) is 70.1 Å². The minimum absolute atomic E-state index is 0.0698. The number of phenols is 2. The first kappa shape index (κ1) is 19.3. The van der Waals surface area contributed by atoms with Gasteiger partial charge in [-0.15, -0.1) is 0 Å². The Hall–Kier alpha value is -4.06. The third-order valence-electron chi connectivity index (χ3n) is 4.67. The van der Waals surface area contributed by atoms with E-state index in [4.69, 9.17) is 9.47 Å². The fourth-order valence-corrected chi connectivity index (χ4v) is 3.16. The van der Waals surface area contributed by atoms with Crippen LogP contribution in [0.25, 0.3) is 21.5 Å². The van der Waals surface area contributed by atoms with Crippen LogP contribution in [0.2, 0.25) is 0 Å². The smallest absolute Gasteiger partial charge is 0.338 e. The molecule has 0 radical (unpaired) electrons. The lowest BCUT2D eigenvalue weighted by atomic mass is 10.1. The molecule has 0 aliphatic rings. The minimum Gasteiger partial charge on any atom is -0.508 e. The summed E-state index contributed by atoms with van der Waals surface area (Å²) in [7, 11) is 0. The molecule has 2 N–H and O–H groups in total. The van der Waals surface area contributed by atoms with Crippen molar-refractivity contribution in [1.82, 2.24) is 0 Å². The Morgan fingerprint density at radius 1 is 0.567 bits per heavy atom. The third-order valence-corrected chi connectivity index (χ3v) is 4.67. The summed E-state index contributed by atoms with van der Waals surface area (Å²) in [4.78, 5) is 24.4. The van der Waals surface area contributed by atoms with Crippen LogP contribution in [0.3, 0.4) is 0 Å². The lowest BCUT2D eigenvalue weighted by Crippen LogP contribution is -2.14. The van der Waals surface area contributed by atoms with Gasteiger partial charge in [0.2, 0.25) is 0 Å². The third kappa shape index (κ3) is 4.17. The van der Waals surface area contributed by atoms with Crippen LogP contribution in [0.4, 0.5) is 0 Å². The topological polar surface area (TPSA) is 93.1 Å². The molecule has 6 heteroatoms. The van der Waals surface area contributed by atoms with Crippen LogP contribution in [0, 0.1) is 0 Å². The number of carbonyl (C=O) groups is 2. The SMILES string of the molecule is O=C(OCCOC(=O)c1ccc2cc(O)ccc2c1)c1ccc2cc(O)ccc2c1. The molecule has 0 heterocycles. The Labute approximate surface area is 171 Å². The van der Waals surface area contributed by atoms with Crippen molar-refractivity contribution >= 4 is 33.5 Å². The highest BCUT2D eigenvalue weighted by Gasteiger charge is 2.11. The number of ether oxygens (including phenoxy) is 2. The molecule has 4 aromatic rings. The van der Waals surface area contributed by atoms with Crippen LogP contribution < -0.4 is 0 Å². The number of carbonyl (C=O) groups excluding carboxylic acids is 2. The number of hydrogen-bond acceptors (Lipinski definition) is 6. The maximum Gasteiger partial charge on any atom is 0.338 e. The van der Waals surface area contributed by atoms with Gasteiger partial charge in [0.15, 0.2) is 0 Å². The van der Waals surface area contributed by atoms with Crippen LogP contribution in [0.15, 0.2) is 72.8 Å². The summed E-state index contributed by atoms with van der Waals surface area (Å²) in [6, 6.07) is 19.8. The lowest BCUT2D eigenvalue weighted by Gasteiger charge is -2.08. The molecule has 0 amide bonds. The van der Waals surface area contributed by atoms with E-state index in [1.807, 2.05) is 0 Å². The number of phenolic OH excluding ortho intramolecular Hbond substituents is 2. The molecule has 6 nitrogen and oxygen atoms in total. The van der Waals surface area contributed by atoms with Crippen molar-refractivity contribution in [2.45, 2.75) is 0 Å². The summed E-state index contributed by atoms with van der Waals surface area (Å²) in [5.41, 5.74) is 0.745. The minimum atomic E-state index is -0.522. The normalized spacial score (nSPS) is 10.8. The average molecular weight is 402 g/mol. The van der Waals surface area contributed by atoms with E-state index in [1.54, 1.807) is 72.8 Å². The van der Waals surface area contributed by atoms with Crippen molar-refractivity contribution in [2.24, 2.45) is 0 Å². The monoisotopic (exact) mass is 402 g/mol. The zero-order valence-corrected chi connectivity index (χ0v) is 15.9. The summed E-state index contributed by atoms with van der Waals surface area (Å²) >= 11 is 0. The second kappa shape index (κ2) is 8.13. The zero-order valence-electron chi connectivity index (χ0n) is 15.9. The second-order valence-corrected chi connectivity index (χ2v) is 6.76. The number of hydrogen-bond donors (Lipinski definition) is 2.